The summed E-state index contributed by atoms with van der Waals surface area (Å²) in [4.78, 5) is 12.3. The fourth-order valence-corrected chi connectivity index (χ4v) is 2.32. The van der Waals surface area contributed by atoms with E-state index in [0.29, 0.717) is 5.69 Å². The van der Waals surface area contributed by atoms with E-state index in [-0.39, 0.29) is 12.3 Å². The first-order valence-electron chi connectivity index (χ1n) is 7.36. The standard InChI is InChI=1S/C18H17N3O2/c1-13-8-6-7-9-15(13)12-23-18(22)17-14(2)21(20-19-17)16-10-4-3-5-11-16/h3-11H,12H2,1-2H3. The minimum atomic E-state index is -0.465. The van der Waals surface area contributed by atoms with Gasteiger partial charge in [-0.1, -0.05) is 47.7 Å². The minimum absolute atomic E-state index is 0.225. The zero-order chi connectivity index (χ0) is 16.2. The number of carbonyl (C=O) groups is 1. The lowest BCUT2D eigenvalue weighted by molar-refractivity contribution is 0.0464. The van der Waals surface area contributed by atoms with Crippen LogP contribution in [-0.4, -0.2) is 21.0 Å². The van der Waals surface area contributed by atoms with Crippen LogP contribution in [0.3, 0.4) is 0 Å². The highest BCUT2D eigenvalue weighted by molar-refractivity contribution is 5.88. The number of nitrogens with zero attached hydrogens (tertiary/aromatic N) is 3. The lowest BCUT2D eigenvalue weighted by Gasteiger charge is -2.07. The molecule has 2 aromatic carbocycles. The highest BCUT2D eigenvalue weighted by Crippen LogP contribution is 2.14. The summed E-state index contributed by atoms with van der Waals surface area (Å²) in [6.07, 6.45) is 0. The molecule has 0 spiro atoms. The number of hydrogen-bond acceptors (Lipinski definition) is 4. The molecule has 1 heterocycles. The number of para-hydroxylation sites is 1. The van der Waals surface area contributed by atoms with E-state index < -0.39 is 5.97 Å². The van der Waals surface area contributed by atoms with E-state index in [0.717, 1.165) is 16.8 Å². The Morgan fingerprint density at radius 2 is 1.74 bits per heavy atom. The third-order valence-electron chi connectivity index (χ3n) is 3.71. The summed E-state index contributed by atoms with van der Waals surface area (Å²) in [5.74, 6) is -0.465. The molecule has 3 rings (SSSR count). The normalized spacial score (nSPS) is 10.5. The Balaban J connectivity index is 1.76. The maximum Gasteiger partial charge on any atom is 0.361 e. The van der Waals surface area contributed by atoms with Crippen molar-refractivity contribution in [3.63, 3.8) is 0 Å². The van der Waals surface area contributed by atoms with Gasteiger partial charge in [0, 0.05) is 0 Å². The van der Waals surface area contributed by atoms with Gasteiger partial charge in [0.25, 0.3) is 0 Å². The number of ether oxygens (including phenoxy) is 1. The summed E-state index contributed by atoms with van der Waals surface area (Å²) < 4.78 is 7.00. The molecule has 23 heavy (non-hydrogen) atoms. The molecule has 0 aliphatic carbocycles. The average molecular weight is 307 g/mol. The summed E-state index contributed by atoms with van der Waals surface area (Å²) in [5, 5.41) is 8.01. The van der Waals surface area contributed by atoms with Gasteiger partial charge in [0.15, 0.2) is 5.69 Å². The molecule has 116 valence electrons. The van der Waals surface area contributed by atoms with Crippen molar-refractivity contribution in [2.75, 3.05) is 0 Å². The predicted molar refractivity (Wildman–Crippen MR) is 86.4 cm³/mol. The summed E-state index contributed by atoms with van der Waals surface area (Å²) in [7, 11) is 0. The van der Waals surface area contributed by atoms with Crippen LogP contribution < -0.4 is 0 Å². The van der Waals surface area contributed by atoms with Gasteiger partial charge in [-0.05, 0) is 37.1 Å². The third kappa shape index (κ3) is 3.13. The molecule has 3 aromatic rings. The molecule has 0 saturated carbocycles. The first-order chi connectivity index (χ1) is 11.2. The molecule has 0 saturated heterocycles. The SMILES string of the molecule is Cc1ccccc1COC(=O)c1nnn(-c2ccccc2)c1C. The van der Waals surface area contributed by atoms with Crippen molar-refractivity contribution in [3.05, 3.63) is 77.1 Å². The van der Waals surface area contributed by atoms with Gasteiger partial charge in [-0.3, -0.25) is 0 Å². The summed E-state index contributed by atoms with van der Waals surface area (Å²) in [6.45, 7) is 4.01. The van der Waals surface area contributed by atoms with Crippen LogP contribution in [0.25, 0.3) is 5.69 Å². The Morgan fingerprint density at radius 3 is 2.48 bits per heavy atom. The Morgan fingerprint density at radius 1 is 1.04 bits per heavy atom. The average Bonchev–Trinajstić information content (AvgIpc) is 2.96. The Hall–Kier alpha value is -2.95. The van der Waals surface area contributed by atoms with E-state index in [9.17, 15) is 4.79 Å². The van der Waals surface area contributed by atoms with Crippen molar-refractivity contribution in [1.29, 1.82) is 0 Å². The van der Waals surface area contributed by atoms with Crippen LogP contribution in [0, 0.1) is 13.8 Å². The minimum Gasteiger partial charge on any atom is -0.456 e. The Labute approximate surface area is 134 Å². The number of carbonyl (C=O) groups excluding carboxylic acids is 1. The molecule has 0 fully saturated rings. The van der Waals surface area contributed by atoms with E-state index in [1.807, 2.05) is 61.5 Å². The highest BCUT2D eigenvalue weighted by atomic mass is 16.5. The van der Waals surface area contributed by atoms with Gasteiger partial charge in [0.1, 0.15) is 6.61 Å². The predicted octanol–water partition coefficient (Wildman–Crippen LogP) is 3.24. The maximum absolute atomic E-state index is 12.3. The van der Waals surface area contributed by atoms with Crippen LogP contribution in [-0.2, 0) is 11.3 Å². The van der Waals surface area contributed by atoms with E-state index in [1.54, 1.807) is 11.6 Å². The number of aromatic nitrogens is 3. The fourth-order valence-electron chi connectivity index (χ4n) is 2.32. The van der Waals surface area contributed by atoms with E-state index in [4.69, 9.17) is 4.74 Å². The lowest BCUT2D eigenvalue weighted by Crippen LogP contribution is -2.09. The number of aryl methyl sites for hydroxylation is 1. The van der Waals surface area contributed by atoms with Gasteiger partial charge in [0.05, 0.1) is 11.4 Å². The molecule has 0 unspecified atom stereocenters. The largest absolute Gasteiger partial charge is 0.456 e. The van der Waals surface area contributed by atoms with Crippen molar-refractivity contribution in [2.24, 2.45) is 0 Å². The maximum atomic E-state index is 12.3. The second-order valence-corrected chi connectivity index (χ2v) is 5.27. The second-order valence-electron chi connectivity index (χ2n) is 5.27. The van der Waals surface area contributed by atoms with Crippen LogP contribution in [0.15, 0.2) is 54.6 Å². The van der Waals surface area contributed by atoms with Crippen molar-refractivity contribution < 1.29 is 9.53 Å². The van der Waals surface area contributed by atoms with Gasteiger partial charge >= 0.3 is 5.97 Å². The van der Waals surface area contributed by atoms with Gasteiger partial charge in [-0.15, -0.1) is 5.10 Å². The van der Waals surface area contributed by atoms with Crippen LogP contribution in [0.5, 0.6) is 0 Å². The van der Waals surface area contributed by atoms with Crippen LogP contribution >= 0.6 is 0 Å². The lowest BCUT2D eigenvalue weighted by atomic mass is 10.1. The van der Waals surface area contributed by atoms with Gasteiger partial charge in [-0.25, -0.2) is 9.48 Å². The van der Waals surface area contributed by atoms with Crippen molar-refractivity contribution in [2.45, 2.75) is 20.5 Å². The van der Waals surface area contributed by atoms with Crippen LogP contribution in [0.2, 0.25) is 0 Å². The molecule has 0 atom stereocenters. The number of benzene rings is 2. The first kappa shape index (κ1) is 15.0. The molecule has 0 radical (unpaired) electrons. The van der Waals surface area contributed by atoms with E-state index >= 15 is 0 Å². The highest BCUT2D eigenvalue weighted by Gasteiger charge is 2.18. The molecule has 5 nitrogen and oxygen atoms in total. The molecule has 0 aliphatic rings. The number of rotatable bonds is 4. The monoisotopic (exact) mass is 307 g/mol. The quantitative estimate of drug-likeness (QED) is 0.694. The summed E-state index contributed by atoms with van der Waals surface area (Å²) in [6, 6.07) is 17.4. The summed E-state index contributed by atoms with van der Waals surface area (Å²) >= 11 is 0. The topological polar surface area (TPSA) is 57.0 Å². The van der Waals surface area contributed by atoms with Crippen LogP contribution in [0.4, 0.5) is 0 Å². The molecule has 5 heteroatoms. The molecule has 0 aliphatic heterocycles. The third-order valence-corrected chi connectivity index (χ3v) is 3.71. The Bertz CT molecular complexity index is 825. The molecule has 1 aromatic heterocycles. The molecule has 0 amide bonds. The second kappa shape index (κ2) is 6.44. The molecular weight excluding hydrogens is 290 g/mol. The van der Waals surface area contributed by atoms with Gasteiger partial charge in [0.2, 0.25) is 0 Å². The van der Waals surface area contributed by atoms with E-state index in [2.05, 4.69) is 10.3 Å². The Kier molecular flexibility index (Phi) is 4.19. The fraction of sp³-hybridized carbons (Fsp3) is 0.167. The van der Waals surface area contributed by atoms with Crippen molar-refractivity contribution in [1.82, 2.24) is 15.0 Å². The molecule has 0 N–H and O–H groups in total. The van der Waals surface area contributed by atoms with E-state index in [1.165, 1.54) is 0 Å². The summed E-state index contributed by atoms with van der Waals surface area (Å²) in [5.41, 5.74) is 3.82. The van der Waals surface area contributed by atoms with Crippen molar-refractivity contribution in [3.8, 4) is 5.69 Å². The smallest absolute Gasteiger partial charge is 0.361 e. The number of esters is 1. The molecular formula is C18H17N3O2. The van der Waals surface area contributed by atoms with Crippen molar-refractivity contribution >= 4 is 5.97 Å². The molecule has 0 bridgehead atoms. The van der Waals surface area contributed by atoms with Crippen LogP contribution in [0.1, 0.15) is 27.3 Å². The van der Waals surface area contributed by atoms with Gasteiger partial charge < -0.3 is 4.74 Å². The zero-order valence-electron chi connectivity index (χ0n) is 13.1. The first-order valence-corrected chi connectivity index (χ1v) is 7.36. The zero-order valence-corrected chi connectivity index (χ0v) is 13.1. The number of hydrogen-bond donors (Lipinski definition) is 0. The van der Waals surface area contributed by atoms with Gasteiger partial charge in [-0.2, -0.15) is 0 Å².